The van der Waals surface area contributed by atoms with Gasteiger partial charge >= 0.3 is 0 Å². The van der Waals surface area contributed by atoms with Gasteiger partial charge in [-0.25, -0.2) is 0 Å². The van der Waals surface area contributed by atoms with Crippen LogP contribution < -0.4 is 16.4 Å². The van der Waals surface area contributed by atoms with E-state index in [1.807, 2.05) is 32.0 Å². The molecule has 0 amide bonds. The molecule has 6 rings (SSSR count). The molecule has 2 aromatic carbocycles. The van der Waals surface area contributed by atoms with Crippen LogP contribution in [0.4, 0.5) is 22.7 Å². The maximum absolute atomic E-state index is 11.1. The van der Waals surface area contributed by atoms with E-state index in [1.165, 1.54) is 11.6 Å². The second-order valence-electron chi connectivity index (χ2n) is 13.4. The first-order valence-electron chi connectivity index (χ1n) is 16.5. The molecule has 46 heavy (non-hydrogen) atoms. The van der Waals surface area contributed by atoms with Gasteiger partial charge in [0.15, 0.2) is 11.6 Å². The predicted molar refractivity (Wildman–Crippen MR) is 176 cm³/mol. The molecule has 2 saturated heterocycles. The fourth-order valence-electron chi connectivity index (χ4n) is 6.90. The number of benzene rings is 2. The van der Waals surface area contributed by atoms with E-state index in [-0.39, 0.29) is 5.69 Å². The van der Waals surface area contributed by atoms with E-state index < -0.39 is 27.7 Å². The number of aryl methyl sites for hydroxylation is 2. The third-order valence-corrected chi connectivity index (χ3v) is 9.88. The standard InChI is InChI=1S/C17H24N2O5.C17H26N2O3/c1-13-2-3-15(19(21)22)14(12-13)18-9-8-16(20)4-6-17(7-5-16)23-10-11-24-17;1-13-2-3-14(18)15(12-13)19-9-8-16(20)4-6-17(7-5-16)21-10-11-22-17/h2-3,12,18,20H,4-11H2,1H3;2-3,12,19-20H,4-11,18H2,1H3. The average Bonchev–Trinajstić information content (AvgIpc) is 3.69. The number of nitrogens with two attached hydrogens (primary N) is 1. The number of aliphatic hydroxyl groups is 2. The quantitative estimate of drug-likeness (QED) is 0.139. The lowest BCUT2D eigenvalue weighted by Crippen LogP contribution is -2.44. The van der Waals surface area contributed by atoms with Crippen molar-refractivity contribution in [2.24, 2.45) is 0 Å². The second-order valence-corrected chi connectivity index (χ2v) is 13.4. The van der Waals surface area contributed by atoms with Gasteiger partial charge in [-0.2, -0.15) is 0 Å². The molecule has 12 nitrogen and oxygen atoms in total. The predicted octanol–water partition coefficient (Wildman–Crippen LogP) is 5.18. The highest BCUT2D eigenvalue weighted by Gasteiger charge is 2.46. The van der Waals surface area contributed by atoms with Crippen molar-refractivity contribution in [3.63, 3.8) is 0 Å². The Bertz CT molecular complexity index is 1320. The number of nitrogens with one attached hydrogen (secondary N) is 2. The lowest BCUT2D eigenvalue weighted by molar-refractivity contribution is -0.384. The first kappa shape index (κ1) is 34.3. The van der Waals surface area contributed by atoms with Crippen molar-refractivity contribution >= 4 is 22.7 Å². The Labute approximate surface area is 271 Å². The molecule has 2 spiro atoms. The van der Waals surface area contributed by atoms with Crippen molar-refractivity contribution in [1.82, 2.24) is 0 Å². The number of nitro groups is 1. The van der Waals surface area contributed by atoms with Crippen molar-refractivity contribution in [2.75, 3.05) is 55.9 Å². The highest BCUT2D eigenvalue weighted by Crippen LogP contribution is 2.43. The van der Waals surface area contributed by atoms with Crippen LogP contribution in [0.25, 0.3) is 0 Å². The number of rotatable bonds is 9. The molecule has 0 aromatic heterocycles. The number of hydrogen-bond acceptors (Lipinski definition) is 11. The Balaban J connectivity index is 0.000000182. The van der Waals surface area contributed by atoms with Gasteiger partial charge in [0.1, 0.15) is 5.69 Å². The van der Waals surface area contributed by atoms with Crippen molar-refractivity contribution in [1.29, 1.82) is 0 Å². The van der Waals surface area contributed by atoms with E-state index in [9.17, 15) is 20.3 Å². The lowest BCUT2D eigenvalue weighted by atomic mass is 9.79. The van der Waals surface area contributed by atoms with Crippen LogP contribution in [0.2, 0.25) is 0 Å². The molecule has 0 radical (unpaired) electrons. The molecule has 12 heteroatoms. The van der Waals surface area contributed by atoms with Crippen LogP contribution in [-0.2, 0) is 18.9 Å². The lowest BCUT2D eigenvalue weighted by Gasteiger charge is -2.40. The molecule has 2 aromatic rings. The minimum atomic E-state index is -0.772. The summed E-state index contributed by atoms with van der Waals surface area (Å²) >= 11 is 0. The minimum absolute atomic E-state index is 0.0583. The topological polar surface area (TPSA) is 171 Å². The summed E-state index contributed by atoms with van der Waals surface area (Å²) in [5.74, 6) is -0.907. The van der Waals surface area contributed by atoms with Gasteiger partial charge in [0.2, 0.25) is 0 Å². The first-order valence-corrected chi connectivity index (χ1v) is 16.5. The largest absolute Gasteiger partial charge is 0.397 e. The van der Waals surface area contributed by atoms with Crippen LogP contribution in [0.3, 0.4) is 0 Å². The fraction of sp³-hybridized carbons (Fsp3) is 0.647. The second kappa shape index (κ2) is 14.4. The van der Waals surface area contributed by atoms with Crippen molar-refractivity contribution in [3.8, 4) is 0 Å². The normalized spacial score (nSPS) is 24.3. The van der Waals surface area contributed by atoms with Gasteiger partial charge < -0.3 is 45.5 Å². The Kier molecular flexibility index (Phi) is 10.8. The molecular formula is C34H50N4O8. The molecule has 4 aliphatic rings. The van der Waals surface area contributed by atoms with E-state index >= 15 is 0 Å². The summed E-state index contributed by atoms with van der Waals surface area (Å²) < 4.78 is 22.8. The van der Waals surface area contributed by atoms with Crippen molar-refractivity contribution in [2.45, 2.75) is 101 Å². The first-order chi connectivity index (χ1) is 21.9. The molecule has 2 aliphatic heterocycles. The number of nitrogens with zero attached hydrogens (tertiary/aromatic N) is 1. The molecule has 6 N–H and O–H groups in total. The van der Waals surface area contributed by atoms with Gasteiger partial charge in [-0.05, 0) is 81.7 Å². The van der Waals surface area contributed by atoms with Crippen LogP contribution >= 0.6 is 0 Å². The molecule has 2 heterocycles. The molecule has 0 unspecified atom stereocenters. The molecule has 0 bridgehead atoms. The van der Waals surface area contributed by atoms with Gasteiger partial charge in [0.25, 0.3) is 5.69 Å². The van der Waals surface area contributed by atoms with Crippen LogP contribution in [0.15, 0.2) is 36.4 Å². The number of nitrogen functional groups attached to an aromatic ring is 1. The highest BCUT2D eigenvalue weighted by atomic mass is 16.7. The number of nitro benzene ring substituents is 1. The number of anilines is 3. The zero-order valence-corrected chi connectivity index (χ0v) is 27.1. The van der Waals surface area contributed by atoms with E-state index in [1.54, 1.807) is 12.1 Å². The third kappa shape index (κ3) is 8.67. The van der Waals surface area contributed by atoms with Gasteiger partial charge in [0.05, 0.1) is 53.9 Å². The fourth-order valence-corrected chi connectivity index (χ4v) is 6.90. The minimum Gasteiger partial charge on any atom is -0.397 e. The molecule has 2 saturated carbocycles. The van der Waals surface area contributed by atoms with Crippen molar-refractivity contribution < 1.29 is 34.1 Å². The van der Waals surface area contributed by atoms with Gasteiger partial charge in [-0.3, -0.25) is 10.1 Å². The van der Waals surface area contributed by atoms with E-state index in [2.05, 4.69) is 10.6 Å². The maximum atomic E-state index is 11.1. The van der Waals surface area contributed by atoms with Crippen LogP contribution in [0.1, 0.15) is 75.3 Å². The Morgan fingerprint density at radius 2 is 1.13 bits per heavy atom. The Hall–Kier alpha value is -3.00. The van der Waals surface area contributed by atoms with Gasteiger partial charge in [-0.1, -0.05) is 12.1 Å². The summed E-state index contributed by atoms with van der Waals surface area (Å²) in [6, 6.07) is 10.9. The third-order valence-electron chi connectivity index (χ3n) is 9.88. The number of ether oxygens (including phenoxy) is 4. The summed E-state index contributed by atoms with van der Waals surface area (Å²) in [6.45, 7) is 7.71. The SMILES string of the molecule is Cc1ccc(N)c(NCCC2(O)CCC3(CC2)OCCO3)c1.Cc1ccc([N+](=O)[O-])c(NCCC2(O)CCC3(CC2)OCCO3)c1. The maximum Gasteiger partial charge on any atom is 0.292 e. The summed E-state index contributed by atoms with van der Waals surface area (Å²) in [6.07, 6.45) is 6.84. The summed E-state index contributed by atoms with van der Waals surface area (Å²) in [4.78, 5) is 10.7. The molecular weight excluding hydrogens is 592 g/mol. The van der Waals surface area contributed by atoms with Gasteiger partial charge in [0, 0.05) is 44.8 Å². The van der Waals surface area contributed by atoms with E-state index in [4.69, 9.17) is 24.7 Å². The van der Waals surface area contributed by atoms with Crippen molar-refractivity contribution in [3.05, 3.63) is 57.6 Å². The number of hydrogen-bond donors (Lipinski definition) is 5. The Morgan fingerprint density at radius 3 is 1.59 bits per heavy atom. The summed E-state index contributed by atoms with van der Waals surface area (Å²) in [5.41, 5.74) is 8.93. The Morgan fingerprint density at radius 1 is 0.717 bits per heavy atom. The van der Waals surface area contributed by atoms with E-state index in [0.29, 0.717) is 83.7 Å². The average molecular weight is 643 g/mol. The van der Waals surface area contributed by atoms with Gasteiger partial charge in [-0.15, -0.1) is 0 Å². The zero-order valence-electron chi connectivity index (χ0n) is 27.1. The van der Waals surface area contributed by atoms with E-state index in [0.717, 1.165) is 42.6 Å². The molecule has 2 aliphatic carbocycles. The molecule has 0 atom stereocenters. The molecule has 4 fully saturated rings. The van der Waals surface area contributed by atoms with Crippen LogP contribution in [0, 0.1) is 24.0 Å². The molecule has 254 valence electrons. The highest BCUT2D eigenvalue weighted by molar-refractivity contribution is 5.67. The van der Waals surface area contributed by atoms with Crippen LogP contribution in [-0.4, -0.2) is 77.4 Å². The summed E-state index contributed by atoms with van der Waals surface area (Å²) in [7, 11) is 0. The summed E-state index contributed by atoms with van der Waals surface area (Å²) in [5, 5.41) is 39.0. The smallest absolute Gasteiger partial charge is 0.292 e. The monoisotopic (exact) mass is 642 g/mol. The van der Waals surface area contributed by atoms with Crippen LogP contribution in [0.5, 0.6) is 0 Å². The zero-order chi connectivity index (χ0) is 32.8.